The Bertz CT molecular complexity index is 1110. The van der Waals surface area contributed by atoms with Crippen LogP contribution in [0.1, 0.15) is 5.82 Å². The zero-order chi connectivity index (χ0) is 19.1. The number of para-hydroxylation sites is 2. The van der Waals surface area contributed by atoms with Crippen LogP contribution < -0.4 is 4.90 Å². The number of anilines is 1. The monoisotopic (exact) mass is 374 g/mol. The molecule has 0 amide bonds. The smallest absolute Gasteiger partial charge is 0.293 e. The second-order valence-electron chi connectivity index (χ2n) is 6.11. The largest absolute Gasteiger partial charge is 0.362 e. The molecule has 0 fully saturated rings. The molecule has 9 heteroatoms. The molecule has 26 heavy (non-hydrogen) atoms. The number of hydrogen-bond donors (Lipinski definition) is 0. The van der Waals surface area contributed by atoms with Crippen LogP contribution in [-0.4, -0.2) is 36.2 Å². The van der Waals surface area contributed by atoms with Gasteiger partial charge in [0.25, 0.3) is 5.69 Å². The summed E-state index contributed by atoms with van der Waals surface area (Å²) in [7, 11) is 0.0750. The van der Waals surface area contributed by atoms with E-state index in [0.717, 1.165) is 29.2 Å². The van der Waals surface area contributed by atoms with Crippen molar-refractivity contribution in [3.63, 3.8) is 0 Å². The van der Waals surface area contributed by atoms with E-state index in [1.165, 1.54) is 12.1 Å². The van der Waals surface area contributed by atoms with Crippen LogP contribution in [0, 0.1) is 10.1 Å². The van der Waals surface area contributed by atoms with Gasteiger partial charge in [0, 0.05) is 26.4 Å². The van der Waals surface area contributed by atoms with Gasteiger partial charge in [0.2, 0.25) is 0 Å². The molecule has 0 radical (unpaired) electrons. The Kier molecular flexibility index (Phi) is 4.41. The lowest BCUT2D eigenvalue weighted by atomic mass is 10.2. The quantitative estimate of drug-likeness (QED) is 0.503. The third-order valence-corrected chi connectivity index (χ3v) is 5.35. The molecule has 0 unspecified atom stereocenters. The normalized spacial score (nSPS) is 11.7. The molecular weight excluding hydrogens is 356 g/mol. The van der Waals surface area contributed by atoms with E-state index in [1.54, 1.807) is 11.9 Å². The van der Waals surface area contributed by atoms with E-state index in [0.29, 0.717) is 12.2 Å². The molecule has 0 saturated heterocycles. The second kappa shape index (κ2) is 6.41. The van der Waals surface area contributed by atoms with Gasteiger partial charge in [-0.25, -0.2) is 13.4 Å². The Hall–Kier alpha value is -2.94. The van der Waals surface area contributed by atoms with E-state index < -0.39 is 14.8 Å². The first-order valence-corrected chi connectivity index (χ1v) is 9.67. The average molecular weight is 374 g/mol. The summed E-state index contributed by atoms with van der Waals surface area (Å²) < 4.78 is 25.3. The number of nitro benzene ring substituents is 1. The maximum Gasteiger partial charge on any atom is 0.293 e. The molecule has 0 aliphatic carbocycles. The Morgan fingerprint density at radius 1 is 1.23 bits per heavy atom. The van der Waals surface area contributed by atoms with E-state index in [-0.39, 0.29) is 10.6 Å². The van der Waals surface area contributed by atoms with Crippen molar-refractivity contribution in [3.8, 4) is 0 Å². The summed E-state index contributed by atoms with van der Waals surface area (Å²) in [5, 5.41) is 11.4. The predicted octanol–water partition coefficient (Wildman–Crippen LogP) is 2.52. The standard InChI is InChI=1S/C17H18N4O4S/c1-19(11-17-18-13-6-4-5-7-14(13)20(17)2)15-9-8-12(26(3,24)25)10-16(15)21(22)23/h4-10H,11H2,1-3H3. The van der Waals surface area contributed by atoms with Gasteiger partial charge in [-0.2, -0.15) is 0 Å². The topological polar surface area (TPSA) is 98.3 Å². The molecule has 1 heterocycles. The van der Waals surface area contributed by atoms with Crippen LogP contribution in [0.2, 0.25) is 0 Å². The number of aryl methyl sites for hydroxylation is 1. The number of nitrogens with zero attached hydrogens (tertiary/aromatic N) is 4. The first kappa shape index (κ1) is 17.9. The molecule has 2 aromatic carbocycles. The summed E-state index contributed by atoms with van der Waals surface area (Å²) in [4.78, 5) is 17.0. The Morgan fingerprint density at radius 3 is 2.54 bits per heavy atom. The second-order valence-corrected chi connectivity index (χ2v) is 8.13. The van der Waals surface area contributed by atoms with E-state index in [9.17, 15) is 18.5 Å². The molecule has 0 aliphatic rings. The van der Waals surface area contributed by atoms with Gasteiger partial charge in [0.15, 0.2) is 9.84 Å². The number of sulfone groups is 1. The van der Waals surface area contributed by atoms with Crippen molar-refractivity contribution in [1.29, 1.82) is 0 Å². The molecule has 3 aromatic rings. The van der Waals surface area contributed by atoms with E-state index in [2.05, 4.69) is 4.98 Å². The number of nitro groups is 1. The minimum atomic E-state index is -3.52. The molecule has 0 aliphatic heterocycles. The van der Waals surface area contributed by atoms with Gasteiger partial charge >= 0.3 is 0 Å². The zero-order valence-electron chi connectivity index (χ0n) is 14.6. The number of aromatic nitrogens is 2. The molecule has 1 aromatic heterocycles. The van der Waals surface area contributed by atoms with E-state index in [4.69, 9.17) is 0 Å². The fraction of sp³-hybridized carbons (Fsp3) is 0.235. The molecule has 3 rings (SSSR count). The Balaban J connectivity index is 2.00. The van der Waals surface area contributed by atoms with Crippen molar-refractivity contribution in [1.82, 2.24) is 9.55 Å². The van der Waals surface area contributed by atoms with Crippen molar-refractivity contribution < 1.29 is 13.3 Å². The molecule has 0 N–H and O–H groups in total. The van der Waals surface area contributed by atoms with E-state index >= 15 is 0 Å². The SMILES string of the molecule is CN(Cc1nc2ccccc2n1C)c1ccc(S(C)(=O)=O)cc1[N+](=O)[O-]. The highest BCUT2D eigenvalue weighted by atomic mass is 32.2. The highest BCUT2D eigenvalue weighted by Crippen LogP contribution is 2.31. The highest BCUT2D eigenvalue weighted by molar-refractivity contribution is 7.90. The van der Waals surface area contributed by atoms with Crippen LogP contribution in [0.3, 0.4) is 0 Å². The molecular formula is C17H18N4O4S. The number of fused-ring (bicyclic) bond motifs is 1. The fourth-order valence-corrected chi connectivity index (χ4v) is 3.48. The van der Waals surface area contributed by atoms with Crippen molar-refractivity contribution in [3.05, 3.63) is 58.4 Å². The van der Waals surface area contributed by atoms with Gasteiger partial charge < -0.3 is 9.47 Å². The highest BCUT2D eigenvalue weighted by Gasteiger charge is 2.22. The van der Waals surface area contributed by atoms with Gasteiger partial charge in [-0.05, 0) is 24.3 Å². The number of imidazole rings is 1. The van der Waals surface area contributed by atoms with Crippen LogP contribution in [-0.2, 0) is 23.4 Å². The number of hydrogen-bond acceptors (Lipinski definition) is 6. The van der Waals surface area contributed by atoms with Crippen LogP contribution in [0.5, 0.6) is 0 Å². The summed E-state index contributed by atoms with van der Waals surface area (Å²) in [6.45, 7) is 0.338. The fourth-order valence-electron chi connectivity index (χ4n) is 2.84. The minimum absolute atomic E-state index is 0.0796. The van der Waals surface area contributed by atoms with Gasteiger partial charge in [0.1, 0.15) is 11.5 Å². The van der Waals surface area contributed by atoms with Crippen LogP contribution in [0.25, 0.3) is 11.0 Å². The summed E-state index contributed by atoms with van der Waals surface area (Å²) in [6, 6.07) is 11.6. The molecule has 0 atom stereocenters. The van der Waals surface area contributed by atoms with Crippen molar-refractivity contribution in [2.24, 2.45) is 7.05 Å². The summed E-state index contributed by atoms with van der Waals surface area (Å²) in [5.41, 5.74) is 1.89. The van der Waals surface area contributed by atoms with E-state index in [1.807, 2.05) is 35.9 Å². The third-order valence-electron chi connectivity index (χ3n) is 4.24. The lowest BCUT2D eigenvalue weighted by Crippen LogP contribution is -2.20. The molecule has 0 spiro atoms. The summed E-state index contributed by atoms with van der Waals surface area (Å²) in [5.74, 6) is 0.746. The summed E-state index contributed by atoms with van der Waals surface area (Å²) in [6.07, 6.45) is 1.02. The van der Waals surface area contributed by atoms with Crippen LogP contribution in [0.15, 0.2) is 47.4 Å². The molecule has 0 bridgehead atoms. The molecule has 8 nitrogen and oxygen atoms in total. The van der Waals surface area contributed by atoms with Gasteiger partial charge in [-0.3, -0.25) is 10.1 Å². The minimum Gasteiger partial charge on any atom is -0.362 e. The van der Waals surface area contributed by atoms with Crippen molar-refractivity contribution >= 4 is 32.2 Å². The first-order valence-electron chi connectivity index (χ1n) is 7.78. The Morgan fingerprint density at radius 2 is 1.92 bits per heavy atom. The molecule has 0 saturated carbocycles. The maximum absolute atomic E-state index is 11.7. The average Bonchev–Trinajstić information content (AvgIpc) is 2.89. The van der Waals surface area contributed by atoms with Crippen LogP contribution >= 0.6 is 0 Å². The number of benzene rings is 2. The van der Waals surface area contributed by atoms with Gasteiger partial charge in [-0.15, -0.1) is 0 Å². The first-order chi connectivity index (χ1) is 12.2. The lowest BCUT2D eigenvalue weighted by Gasteiger charge is -2.19. The maximum atomic E-state index is 11.7. The predicted molar refractivity (Wildman–Crippen MR) is 99.0 cm³/mol. The van der Waals surface area contributed by atoms with Crippen molar-refractivity contribution in [2.75, 3.05) is 18.2 Å². The zero-order valence-corrected chi connectivity index (χ0v) is 15.4. The van der Waals surface area contributed by atoms with Gasteiger partial charge in [-0.1, -0.05) is 12.1 Å². The van der Waals surface area contributed by atoms with Crippen LogP contribution in [0.4, 0.5) is 11.4 Å². The lowest BCUT2D eigenvalue weighted by molar-refractivity contribution is -0.384. The summed E-state index contributed by atoms with van der Waals surface area (Å²) >= 11 is 0. The van der Waals surface area contributed by atoms with Gasteiger partial charge in [0.05, 0.1) is 27.4 Å². The molecule has 136 valence electrons. The Labute approximate surface area is 150 Å². The number of rotatable bonds is 5. The third kappa shape index (κ3) is 3.25. The van der Waals surface area contributed by atoms with Crippen molar-refractivity contribution in [2.45, 2.75) is 11.4 Å².